The largest absolute Gasteiger partial charge is 0.382 e. The molecule has 4 rings (SSSR count). The molecule has 1 atom stereocenters. The molecule has 0 radical (unpaired) electrons. The highest BCUT2D eigenvalue weighted by Gasteiger charge is 2.34. The Labute approximate surface area is 181 Å². The summed E-state index contributed by atoms with van der Waals surface area (Å²) in [5.74, 6) is -0.738. The van der Waals surface area contributed by atoms with Gasteiger partial charge >= 0.3 is 0 Å². The topological polar surface area (TPSA) is 86.7 Å². The first-order valence-corrected chi connectivity index (χ1v) is 11.3. The van der Waals surface area contributed by atoms with Crippen molar-refractivity contribution in [2.75, 3.05) is 6.54 Å². The van der Waals surface area contributed by atoms with E-state index < -0.39 is 6.10 Å². The lowest BCUT2D eigenvalue weighted by Gasteiger charge is -2.13. The van der Waals surface area contributed by atoms with E-state index in [1.807, 2.05) is 29.6 Å². The number of aliphatic hydroxyl groups is 1. The monoisotopic (exact) mass is 440 g/mol. The van der Waals surface area contributed by atoms with Crippen LogP contribution in [0.15, 0.2) is 53.9 Å². The Hall–Kier alpha value is -2.81. The molecule has 2 aromatic heterocycles. The molecule has 1 aromatic carbocycles. The van der Waals surface area contributed by atoms with Gasteiger partial charge in [-0.1, -0.05) is 18.2 Å². The number of fused-ring (bicyclic) bond motifs is 1. The Kier molecular flexibility index (Phi) is 6.08. The molecular weight excluding hydrogens is 420 g/mol. The van der Waals surface area contributed by atoms with E-state index >= 15 is 0 Å². The molecule has 1 aliphatic heterocycles. The van der Waals surface area contributed by atoms with Gasteiger partial charge < -0.3 is 10.4 Å². The van der Waals surface area contributed by atoms with Crippen LogP contribution in [0.25, 0.3) is 0 Å². The summed E-state index contributed by atoms with van der Waals surface area (Å²) in [4.78, 5) is 40.7. The van der Waals surface area contributed by atoms with Crippen LogP contribution in [0, 0.1) is 0 Å². The molecule has 1 unspecified atom stereocenters. The van der Waals surface area contributed by atoms with Crippen molar-refractivity contribution in [2.24, 2.45) is 0 Å². The first-order valence-electron chi connectivity index (χ1n) is 9.56. The average Bonchev–Trinajstić information content (AvgIpc) is 3.50. The summed E-state index contributed by atoms with van der Waals surface area (Å²) in [6.45, 7) is 0.601. The molecule has 2 N–H and O–H groups in total. The lowest BCUT2D eigenvalue weighted by Crippen LogP contribution is -2.31. The molecule has 0 bridgehead atoms. The van der Waals surface area contributed by atoms with Gasteiger partial charge in [-0.05, 0) is 42.1 Å². The molecule has 0 fully saturated rings. The Morgan fingerprint density at radius 1 is 1.00 bits per heavy atom. The van der Waals surface area contributed by atoms with Crippen molar-refractivity contribution in [1.29, 1.82) is 0 Å². The molecule has 8 heteroatoms. The van der Waals surface area contributed by atoms with E-state index in [0.29, 0.717) is 24.1 Å². The summed E-state index contributed by atoms with van der Waals surface area (Å²) in [5.41, 5.74) is 0.843. The molecular formula is C22H20N2O4S2. The minimum atomic E-state index is -0.640. The van der Waals surface area contributed by atoms with Gasteiger partial charge in [0.05, 0.1) is 17.7 Å². The number of nitrogens with zero attached hydrogens (tertiary/aromatic N) is 1. The Bertz CT molecular complexity index is 1040. The summed E-state index contributed by atoms with van der Waals surface area (Å²) in [6, 6.07) is 14.3. The molecule has 0 spiro atoms. The third-order valence-electron chi connectivity index (χ3n) is 4.89. The van der Waals surface area contributed by atoms with E-state index in [-0.39, 0.29) is 30.7 Å². The van der Waals surface area contributed by atoms with Crippen LogP contribution in [0.4, 0.5) is 0 Å². The van der Waals surface area contributed by atoms with Crippen molar-refractivity contribution in [3.8, 4) is 0 Å². The molecule has 154 valence electrons. The highest BCUT2D eigenvalue weighted by Crippen LogP contribution is 2.30. The van der Waals surface area contributed by atoms with Crippen LogP contribution in [0.1, 0.15) is 54.3 Å². The molecule has 3 aromatic rings. The lowest BCUT2D eigenvalue weighted by molar-refractivity contribution is -0.121. The number of hydrogen-bond acceptors (Lipinski definition) is 6. The number of nitrogens with one attached hydrogen (secondary N) is 1. The first kappa shape index (κ1) is 20.5. The van der Waals surface area contributed by atoms with Gasteiger partial charge in [0.25, 0.3) is 11.8 Å². The van der Waals surface area contributed by atoms with E-state index in [2.05, 4.69) is 5.32 Å². The highest BCUT2D eigenvalue weighted by atomic mass is 32.1. The number of thiophene rings is 2. The predicted molar refractivity (Wildman–Crippen MR) is 116 cm³/mol. The number of amides is 3. The molecule has 3 amide bonds. The summed E-state index contributed by atoms with van der Waals surface area (Å²) in [7, 11) is 0. The second-order valence-electron chi connectivity index (χ2n) is 6.91. The van der Waals surface area contributed by atoms with Gasteiger partial charge in [-0.2, -0.15) is 0 Å². The smallest absolute Gasteiger partial charge is 0.261 e. The van der Waals surface area contributed by atoms with Crippen molar-refractivity contribution >= 4 is 40.4 Å². The molecule has 0 saturated heterocycles. The zero-order valence-corrected chi connectivity index (χ0v) is 17.7. The van der Waals surface area contributed by atoms with Crippen molar-refractivity contribution in [3.63, 3.8) is 0 Å². The minimum absolute atomic E-state index is 0.139. The number of rotatable bonds is 8. The quantitative estimate of drug-likeness (QED) is 0.524. The van der Waals surface area contributed by atoms with Crippen LogP contribution in [0.5, 0.6) is 0 Å². The van der Waals surface area contributed by atoms with Crippen molar-refractivity contribution < 1.29 is 19.5 Å². The molecule has 1 aliphatic rings. The number of hydrogen-bond donors (Lipinski definition) is 2. The Balaban J connectivity index is 1.23. The normalized spacial score (nSPS) is 14.1. The number of aliphatic hydroxyl groups excluding tert-OH is 1. The Morgan fingerprint density at radius 2 is 1.73 bits per heavy atom. The number of carbonyl (C=O) groups is 3. The number of imide groups is 1. The van der Waals surface area contributed by atoms with Gasteiger partial charge in [0.15, 0.2) is 0 Å². The van der Waals surface area contributed by atoms with E-state index in [1.54, 1.807) is 24.3 Å². The van der Waals surface area contributed by atoms with Crippen LogP contribution in [-0.2, 0) is 11.3 Å². The average molecular weight is 441 g/mol. The van der Waals surface area contributed by atoms with Gasteiger partial charge in [-0.15, -0.1) is 22.7 Å². The third-order valence-corrected chi connectivity index (χ3v) is 6.95. The fourth-order valence-corrected chi connectivity index (χ4v) is 5.10. The van der Waals surface area contributed by atoms with Crippen LogP contribution >= 0.6 is 22.7 Å². The van der Waals surface area contributed by atoms with Gasteiger partial charge in [-0.3, -0.25) is 19.3 Å². The SMILES string of the molecule is O=C(CCCN1C(=O)c2ccccc2C1=O)NCc1ccc(C(O)c2cccs2)s1. The maximum atomic E-state index is 12.3. The molecule has 0 aliphatic carbocycles. The van der Waals surface area contributed by atoms with E-state index in [4.69, 9.17) is 0 Å². The van der Waals surface area contributed by atoms with Crippen LogP contribution < -0.4 is 5.32 Å². The first-order chi connectivity index (χ1) is 14.5. The standard InChI is InChI=1S/C22H20N2O4S2/c25-19(8-3-11-24-21(27)15-5-1-2-6-16(15)22(24)28)23-13-14-9-10-18(30-14)20(26)17-7-4-12-29-17/h1-2,4-7,9-10,12,20,26H,3,8,11,13H2,(H,23,25). The van der Waals surface area contributed by atoms with Crippen LogP contribution in [0.2, 0.25) is 0 Å². The Morgan fingerprint density at radius 3 is 2.40 bits per heavy atom. The summed E-state index contributed by atoms with van der Waals surface area (Å²) in [5, 5.41) is 15.2. The summed E-state index contributed by atoms with van der Waals surface area (Å²) >= 11 is 2.97. The number of benzene rings is 1. The maximum absolute atomic E-state index is 12.3. The number of carbonyl (C=O) groups excluding carboxylic acids is 3. The summed E-state index contributed by atoms with van der Waals surface area (Å²) in [6.07, 6.45) is -0.00723. The van der Waals surface area contributed by atoms with Gasteiger partial charge in [0.2, 0.25) is 5.91 Å². The fourth-order valence-electron chi connectivity index (χ4n) is 3.34. The maximum Gasteiger partial charge on any atom is 0.261 e. The highest BCUT2D eigenvalue weighted by molar-refractivity contribution is 7.12. The van der Waals surface area contributed by atoms with Gasteiger partial charge in [-0.25, -0.2) is 0 Å². The zero-order chi connectivity index (χ0) is 21.1. The second-order valence-corrected chi connectivity index (χ2v) is 9.09. The third kappa shape index (κ3) is 4.21. The van der Waals surface area contributed by atoms with Gasteiger partial charge in [0, 0.05) is 27.6 Å². The second kappa shape index (κ2) is 8.91. The van der Waals surface area contributed by atoms with E-state index in [0.717, 1.165) is 14.6 Å². The fraction of sp³-hybridized carbons (Fsp3) is 0.227. The predicted octanol–water partition coefficient (Wildman–Crippen LogP) is 3.58. The van der Waals surface area contributed by atoms with E-state index in [1.165, 1.54) is 27.6 Å². The van der Waals surface area contributed by atoms with E-state index in [9.17, 15) is 19.5 Å². The van der Waals surface area contributed by atoms with Crippen molar-refractivity contribution in [2.45, 2.75) is 25.5 Å². The molecule has 0 saturated carbocycles. The molecule has 6 nitrogen and oxygen atoms in total. The van der Waals surface area contributed by atoms with Gasteiger partial charge in [0.1, 0.15) is 6.10 Å². The zero-order valence-electron chi connectivity index (χ0n) is 16.0. The summed E-state index contributed by atoms with van der Waals surface area (Å²) < 4.78 is 0. The van der Waals surface area contributed by atoms with Crippen LogP contribution in [-0.4, -0.2) is 34.3 Å². The molecule has 30 heavy (non-hydrogen) atoms. The van der Waals surface area contributed by atoms with Crippen molar-refractivity contribution in [1.82, 2.24) is 10.2 Å². The minimum Gasteiger partial charge on any atom is -0.382 e. The van der Waals surface area contributed by atoms with Crippen molar-refractivity contribution in [3.05, 3.63) is 79.7 Å². The molecule has 3 heterocycles. The lowest BCUT2D eigenvalue weighted by atomic mass is 10.1. The van der Waals surface area contributed by atoms with Crippen LogP contribution in [0.3, 0.4) is 0 Å².